The van der Waals surface area contributed by atoms with Gasteiger partial charge in [0.2, 0.25) is 5.91 Å². The van der Waals surface area contributed by atoms with Gasteiger partial charge in [-0.05, 0) is 30.6 Å². The monoisotopic (exact) mass is 210 g/mol. The summed E-state index contributed by atoms with van der Waals surface area (Å²) in [5.41, 5.74) is 0.444. The highest BCUT2D eigenvalue weighted by Gasteiger charge is 2.48. The molecule has 0 bridgehead atoms. The molecule has 1 atom stereocenters. The highest BCUT2D eigenvalue weighted by Crippen LogP contribution is 2.52. The molecule has 3 heteroatoms. The third kappa shape index (κ3) is 1.89. The average Bonchev–Trinajstić information content (AvgIpc) is 2.90. The van der Waals surface area contributed by atoms with Gasteiger partial charge in [0, 0.05) is 6.54 Å². The van der Waals surface area contributed by atoms with Gasteiger partial charge >= 0.3 is 0 Å². The number of hydrogen-bond acceptors (Lipinski definition) is 2. The van der Waals surface area contributed by atoms with Gasteiger partial charge in [0.05, 0.1) is 12.7 Å². The largest absolute Gasteiger partial charge is 0.328 e. The van der Waals surface area contributed by atoms with Crippen molar-refractivity contribution in [1.29, 1.82) is 0 Å². The summed E-state index contributed by atoms with van der Waals surface area (Å²) in [6.45, 7) is 8.34. The predicted octanol–water partition coefficient (Wildman–Crippen LogP) is 1.59. The normalized spacial score (nSPS) is 28.9. The minimum Gasteiger partial charge on any atom is -0.328 e. The molecule has 1 heterocycles. The molecule has 1 saturated heterocycles. The minimum atomic E-state index is 0.0768. The molecule has 1 aliphatic carbocycles. The second-order valence-electron chi connectivity index (χ2n) is 5.38. The van der Waals surface area contributed by atoms with Crippen molar-refractivity contribution in [2.24, 2.45) is 11.3 Å². The van der Waals surface area contributed by atoms with E-state index in [1.807, 2.05) is 4.90 Å². The Balaban J connectivity index is 1.94. The summed E-state index contributed by atoms with van der Waals surface area (Å²) in [5, 5.41) is 3.27. The van der Waals surface area contributed by atoms with Gasteiger partial charge in [-0.2, -0.15) is 0 Å². The van der Waals surface area contributed by atoms with Crippen LogP contribution in [0.5, 0.6) is 0 Å². The first-order valence-corrected chi connectivity index (χ1v) is 6.11. The molecule has 2 aliphatic rings. The second kappa shape index (κ2) is 3.78. The number of nitrogens with zero attached hydrogens (tertiary/aromatic N) is 1. The van der Waals surface area contributed by atoms with Crippen molar-refractivity contribution >= 4 is 5.91 Å². The van der Waals surface area contributed by atoms with E-state index in [0.717, 1.165) is 19.6 Å². The average molecular weight is 210 g/mol. The van der Waals surface area contributed by atoms with Crippen LogP contribution in [0.2, 0.25) is 0 Å². The van der Waals surface area contributed by atoms with Crippen LogP contribution in [-0.2, 0) is 4.79 Å². The van der Waals surface area contributed by atoms with Crippen LogP contribution >= 0.6 is 0 Å². The maximum Gasteiger partial charge on any atom is 0.240 e. The lowest BCUT2D eigenvalue weighted by atomic mass is 9.92. The smallest absolute Gasteiger partial charge is 0.240 e. The molecule has 0 aromatic rings. The molecule has 0 spiro atoms. The fourth-order valence-electron chi connectivity index (χ4n) is 2.52. The van der Waals surface area contributed by atoms with Crippen LogP contribution in [0.3, 0.4) is 0 Å². The third-order valence-corrected chi connectivity index (χ3v) is 4.17. The number of hydrogen-bond donors (Lipinski definition) is 1. The highest BCUT2D eigenvalue weighted by atomic mass is 16.2. The molecule has 2 rings (SSSR count). The maximum absolute atomic E-state index is 11.9. The fraction of sp³-hybridized carbons (Fsp3) is 0.917. The van der Waals surface area contributed by atoms with Gasteiger partial charge in [-0.15, -0.1) is 0 Å². The van der Waals surface area contributed by atoms with Crippen LogP contribution in [0, 0.1) is 11.3 Å². The number of carbonyl (C=O) groups excluding carboxylic acids is 1. The topological polar surface area (TPSA) is 32.3 Å². The molecule has 1 N–H and O–H groups in total. The first kappa shape index (κ1) is 10.9. The molecule has 1 unspecified atom stereocenters. The summed E-state index contributed by atoms with van der Waals surface area (Å²) in [6.07, 6.45) is 3.50. The van der Waals surface area contributed by atoms with Gasteiger partial charge in [-0.25, -0.2) is 0 Å². The van der Waals surface area contributed by atoms with Crippen molar-refractivity contribution in [3.8, 4) is 0 Å². The molecule has 2 fully saturated rings. The molecule has 15 heavy (non-hydrogen) atoms. The van der Waals surface area contributed by atoms with Crippen LogP contribution < -0.4 is 5.32 Å². The second-order valence-corrected chi connectivity index (χ2v) is 5.38. The molecular formula is C12H22N2O. The van der Waals surface area contributed by atoms with E-state index >= 15 is 0 Å². The van der Waals surface area contributed by atoms with E-state index in [2.05, 4.69) is 26.1 Å². The highest BCUT2D eigenvalue weighted by molar-refractivity contribution is 5.83. The van der Waals surface area contributed by atoms with E-state index in [1.165, 1.54) is 12.8 Å². The molecule has 86 valence electrons. The van der Waals surface area contributed by atoms with Crippen molar-refractivity contribution in [3.63, 3.8) is 0 Å². The van der Waals surface area contributed by atoms with Gasteiger partial charge in [0.1, 0.15) is 0 Å². The van der Waals surface area contributed by atoms with Gasteiger partial charge in [0.25, 0.3) is 0 Å². The molecule has 0 aromatic carbocycles. The van der Waals surface area contributed by atoms with Crippen LogP contribution in [0.15, 0.2) is 0 Å². The van der Waals surface area contributed by atoms with Crippen molar-refractivity contribution < 1.29 is 4.79 Å². The lowest BCUT2D eigenvalue weighted by molar-refractivity contribution is -0.129. The van der Waals surface area contributed by atoms with Gasteiger partial charge in [-0.3, -0.25) is 10.1 Å². The van der Waals surface area contributed by atoms with Crippen LogP contribution in [0.4, 0.5) is 0 Å². The summed E-state index contributed by atoms with van der Waals surface area (Å²) in [7, 11) is 0. The lowest BCUT2D eigenvalue weighted by Gasteiger charge is -2.26. The zero-order valence-corrected chi connectivity index (χ0v) is 10.0. The summed E-state index contributed by atoms with van der Waals surface area (Å²) >= 11 is 0. The molecule has 0 radical (unpaired) electrons. The van der Waals surface area contributed by atoms with Crippen LogP contribution in [-0.4, -0.2) is 30.1 Å². The van der Waals surface area contributed by atoms with Crippen LogP contribution in [0.25, 0.3) is 0 Å². The minimum absolute atomic E-state index is 0.0768. The SMILES string of the molecule is CCC1NCN(CC2(C(C)C)CC2)C1=O. The summed E-state index contributed by atoms with van der Waals surface area (Å²) in [6, 6.07) is 0.0768. The lowest BCUT2D eigenvalue weighted by Crippen LogP contribution is -2.36. The predicted molar refractivity (Wildman–Crippen MR) is 60.3 cm³/mol. The summed E-state index contributed by atoms with van der Waals surface area (Å²) in [4.78, 5) is 13.9. The Bertz CT molecular complexity index is 258. The first-order chi connectivity index (χ1) is 7.09. The van der Waals surface area contributed by atoms with Crippen molar-refractivity contribution in [1.82, 2.24) is 10.2 Å². The Kier molecular flexibility index (Phi) is 2.75. The number of amides is 1. The van der Waals surface area contributed by atoms with E-state index in [4.69, 9.17) is 0 Å². The van der Waals surface area contributed by atoms with Crippen molar-refractivity contribution in [2.45, 2.75) is 46.1 Å². The summed E-state index contributed by atoms with van der Waals surface area (Å²) < 4.78 is 0. The van der Waals surface area contributed by atoms with E-state index in [1.54, 1.807) is 0 Å². The number of rotatable bonds is 4. The molecular weight excluding hydrogens is 188 g/mol. The zero-order chi connectivity index (χ0) is 11.1. The Labute approximate surface area is 92.2 Å². The molecule has 0 aromatic heterocycles. The number of nitrogens with one attached hydrogen (secondary N) is 1. The van der Waals surface area contributed by atoms with E-state index in [9.17, 15) is 4.79 Å². The van der Waals surface area contributed by atoms with Gasteiger partial charge in [-0.1, -0.05) is 20.8 Å². The Morgan fingerprint density at radius 2 is 2.20 bits per heavy atom. The number of carbonyl (C=O) groups is 1. The Morgan fingerprint density at radius 1 is 1.53 bits per heavy atom. The maximum atomic E-state index is 11.9. The van der Waals surface area contributed by atoms with Crippen LogP contribution in [0.1, 0.15) is 40.0 Å². The molecule has 3 nitrogen and oxygen atoms in total. The quantitative estimate of drug-likeness (QED) is 0.764. The first-order valence-electron chi connectivity index (χ1n) is 6.11. The van der Waals surface area contributed by atoms with E-state index < -0.39 is 0 Å². The van der Waals surface area contributed by atoms with Gasteiger partial charge < -0.3 is 4.90 Å². The fourth-order valence-corrected chi connectivity index (χ4v) is 2.52. The van der Waals surface area contributed by atoms with Gasteiger partial charge in [0.15, 0.2) is 0 Å². The summed E-state index contributed by atoms with van der Waals surface area (Å²) in [5.74, 6) is 1.01. The molecule has 1 aliphatic heterocycles. The molecule has 1 saturated carbocycles. The van der Waals surface area contributed by atoms with Crippen molar-refractivity contribution in [2.75, 3.05) is 13.2 Å². The zero-order valence-electron chi connectivity index (χ0n) is 10.0. The van der Waals surface area contributed by atoms with Crippen molar-refractivity contribution in [3.05, 3.63) is 0 Å². The molecule has 1 amide bonds. The van der Waals surface area contributed by atoms with E-state index in [-0.39, 0.29) is 6.04 Å². The standard InChI is InChI=1S/C12H22N2O/c1-4-10-11(15)14(8-13-10)7-12(5-6-12)9(2)3/h9-10,13H,4-8H2,1-3H3. The Hall–Kier alpha value is -0.570. The Morgan fingerprint density at radius 3 is 2.60 bits per heavy atom. The van der Waals surface area contributed by atoms with E-state index in [0.29, 0.717) is 17.2 Å². The third-order valence-electron chi connectivity index (χ3n) is 4.17.